The highest BCUT2D eigenvalue weighted by Gasteiger charge is 2.12. The molecule has 2 aromatic carbocycles. The van der Waals surface area contributed by atoms with E-state index in [1.165, 1.54) is 11.9 Å². The molecule has 3 aromatic rings. The molecule has 8 heteroatoms. The van der Waals surface area contributed by atoms with Crippen LogP contribution in [-0.2, 0) is 4.74 Å². The van der Waals surface area contributed by atoms with Crippen LogP contribution in [0, 0.1) is 0 Å². The van der Waals surface area contributed by atoms with Crippen LogP contribution in [0.2, 0.25) is 0 Å². The lowest BCUT2D eigenvalue weighted by atomic mass is 10.0. The van der Waals surface area contributed by atoms with Crippen molar-refractivity contribution < 1.29 is 14.3 Å². The van der Waals surface area contributed by atoms with Crippen molar-refractivity contribution in [2.75, 3.05) is 37.5 Å². The van der Waals surface area contributed by atoms with Crippen LogP contribution in [0.15, 0.2) is 48.8 Å². The van der Waals surface area contributed by atoms with Gasteiger partial charge in [0.05, 0.1) is 12.1 Å². The Morgan fingerprint density at radius 3 is 2.55 bits per heavy atom. The van der Waals surface area contributed by atoms with Gasteiger partial charge >= 0.3 is 6.03 Å². The van der Waals surface area contributed by atoms with Gasteiger partial charge < -0.3 is 25.4 Å². The first-order valence-electron chi connectivity index (χ1n) is 11.3. The maximum absolute atomic E-state index is 12.5. The van der Waals surface area contributed by atoms with Gasteiger partial charge in [-0.2, -0.15) is 0 Å². The average molecular weight is 452 g/mol. The number of benzene rings is 2. The van der Waals surface area contributed by atoms with Gasteiger partial charge in [0, 0.05) is 36.8 Å². The molecule has 0 spiro atoms. The quantitative estimate of drug-likeness (QED) is 0.363. The number of nitrogens with zero attached hydrogens (tertiary/aromatic N) is 2. The fraction of sp³-hybridized carbons (Fsp3) is 0.400. The van der Waals surface area contributed by atoms with Gasteiger partial charge in [-0.25, -0.2) is 14.8 Å². The van der Waals surface area contributed by atoms with Crippen LogP contribution >= 0.6 is 0 Å². The maximum Gasteiger partial charge on any atom is 0.319 e. The fourth-order valence-corrected chi connectivity index (χ4v) is 3.33. The molecule has 0 aliphatic rings. The number of amides is 2. The van der Waals surface area contributed by atoms with E-state index in [-0.39, 0.29) is 12.1 Å². The van der Waals surface area contributed by atoms with Crippen LogP contribution in [0.25, 0.3) is 10.9 Å². The SMILES string of the molecule is CCC(CNc1ncnc2cc(OCCOC)ccc12)NC(=O)Nc1ccc(C(C)C)cc1. The molecule has 0 bridgehead atoms. The molecule has 176 valence electrons. The van der Waals surface area contributed by atoms with Crippen molar-refractivity contribution in [3.8, 4) is 5.75 Å². The van der Waals surface area contributed by atoms with Crippen molar-refractivity contribution in [3.63, 3.8) is 0 Å². The topological polar surface area (TPSA) is 97.4 Å². The summed E-state index contributed by atoms with van der Waals surface area (Å²) in [5.74, 6) is 1.90. The Balaban J connectivity index is 1.57. The number of hydrogen-bond acceptors (Lipinski definition) is 6. The number of anilines is 2. The zero-order valence-electron chi connectivity index (χ0n) is 19.7. The Labute approximate surface area is 195 Å². The number of carbonyl (C=O) groups is 1. The minimum absolute atomic E-state index is 0.0680. The normalized spacial score (nSPS) is 11.9. The third-order valence-electron chi connectivity index (χ3n) is 5.34. The summed E-state index contributed by atoms with van der Waals surface area (Å²) in [7, 11) is 1.64. The summed E-state index contributed by atoms with van der Waals surface area (Å²) in [4.78, 5) is 21.2. The molecule has 0 fully saturated rings. The van der Waals surface area contributed by atoms with Crippen LogP contribution in [0.4, 0.5) is 16.3 Å². The van der Waals surface area contributed by atoms with Gasteiger partial charge in [-0.05, 0) is 42.2 Å². The van der Waals surface area contributed by atoms with Crippen LogP contribution in [0.3, 0.4) is 0 Å². The first-order valence-corrected chi connectivity index (χ1v) is 11.3. The molecule has 0 aliphatic heterocycles. The Morgan fingerprint density at radius 1 is 1.06 bits per heavy atom. The second kappa shape index (κ2) is 12.0. The number of hydrogen-bond donors (Lipinski definition) is 3. The van der Waals surface area contributed by atoms with Crippen molar-refractivity contribution >= 4 is 28.4 Å². The average Bonchev–Trinajstić information content (AvgIpc) is 2.82. The monoisotopic (exact) mass is 451 g/mol. The number of rotatable bonds is 11. The van der Waals surface area contributed by atoms with Gasteiger partial charge in [0.25, 0.3) is 0 Å². The van der Waals surface area contributed by atoms with Gasteiger partial charge in [0.15, 0.2) is 0 Å². The third-order valence-corrected chi connectivity index (χ3v) is 5.34. The summed E-state index contributed by atoms with van der Waals surface area (Å²) < 4.78 is 10.7. The van der Waals surface area contributed by atoms with E-state index in [1.807, 2.05) is 49.4 Å². The summed E-state index contributed by atoms with van der Waals surface area (Å²) in [5.41, 5.74) is 2.79. The lowest BCUT2D eigenvalue weighted by molar-refractivity contribution is 0.146. The van der Waals surface area contributed by atoms with Crippen molar-refractivity contribution in [2.24, 2.45) is 0 Å². The molecule has 0 aliphatic carbocycles. The second-order valence-electron chi connectivity index (χ2n) is 8.10. The number of urea groups is 1. The molecule has 33 heavy (non-hydrogen) atoms. The van der Waals surface area contributed by atoms with E-state index in [0.29, 0.717) is 31.5 Å². The molecule has 1 unspecified atom stereocenters. The molecule has 1 heterocycles. The number of ether oxygens (including phenoxy) is 2. The van der Waals surface area contributed by atoms with E-state index < -0.39 is 0 Å². The smallest absolute Gasteiger partial charge is 0.319 e. The first-order chi connectivity index (χ1) is 16.0. The van der Waals surface area contributed by atoms with Crippen molar-refractivity contribution in [3.05, 3.63) is 54.4 Å². The molecular weight excluding hydrogens is 418 g/mol. The third kappa shape index (κ3) is 7.05. The van der Waals surface area contributed by atoms with E-state index in [9.17, 15) is 4.79 Å². The number of nitrogens with one attached hydrogen (secondary N) is 3. The Kier molecular flexibility index (Phi) is 8.83. The number of fused-ring (bicyclic) bond motifs is 1. The maximum atomic E-state index is 12.5. The molecule has 3 rings (SSSR count). The number of aromatic nitrogens is 2. The van der Waals surface area contributed by atoms with E-state index in [1.54, 1.807) is 7.11 Å². The fourth-order valence-electron chi connectivity index (χ4n) is 3.33. The zero-order valence-corrected chi connectivity index (χ0v) is 19.7. The molecule has 0 saturated carbocycles. The Hall–Kier alpha value is -3.39. The molecular formula is C25H33N5O3. The number of methoxy groups -OCH3 is 1. The standard InChI is InChI=1S/C25H33N5O3/c1-5-19(29-25(31)30-20-8-6-18(7-9-20)17(2)3)15-26-24-22-11-10-21(33-13-12-32-4)14-23(22)27-16-28-24/h6-11,14,16-17,19H,5,12-13,15H2,1-4H3,(H,26,27,28)(H2,29,30,31). The lowest BCUT2D eigenvalue weighted by Crippen LogP contribution is -2.41. The van der Waals surface area contributed by atoms with Crippen LogP contribution in [0.5, 0.6) is 5.75 Å². The summed E-state index contributed by atoms with van der Waals surface area (Å²) >= 11 is 0. The lowest BCUT2D eigenvalue weighted by Gasteiger charge is -2.19. The van der Waals surface area contributed by atoms with Gasteiger partial charge in [-0.3, -0.25) is 0 Å². The predicted molar refractivity (Wildman–Crippen MR) is 132 cm³/mol. The van der Waals surface area contributed by atoms with E-state index in [2.05, 4.69) is 39.8 Å². The molecule has 2 amide bonds. The van der Waals surface area contributed by atoms with Crippen LogP contribution in [-0.4, -0.2) is 48.9 Å². The van der Waals surface area contributed by atoms with Crippen molar-refractivity contribution in [1.29, 1.82) is 0 Å². The highest BCUT2D eigenvalue weighted by molar-refractivity contribution is 5.90. The highest BCUT2D eigenvalue weighted by atomic mass is 16.5. The molecule has 3 N–H and O–H groups in total. The van der Waals surface area contributed by atoms with E-state index in [0.717, 1.165) is 28.8 Å². The molecule has 1 atom stereocenters. The summed E-state index contributed by atoms with van der Waals surface area (Å²) in [6.45, 7) is 7.86. The summed E-state index contributed by atoms with van der Waals surface area (Å²) in [6.07, 6.45) is 2.29. The minimum Gasteiger partial charge on any atom is -0.491 e. The van der Waals surface area contributed by atoms with Crippen LogP contribution in [0.1, 0.15) is 38.7 Å². The predicted octanol–water partition coefficient (Wildman–Crippen LogP) is 4.79. The van der Waals surface area contributed by atoms with E-state index in [4.69, 9.17) is 9.47 Å². The molecule has 0 saturated heterocycles. The van der Waals surface area contributed by atoms with E-state index >= 15 is 0 Å². The molecule has 0 radical (unpaired) electrons. The largest absolute Gasteiger partial charge is 0.491 e. The van der Waals surface area contributed by atoms with Crippen molar-refractivity contribution in [1.82, 2.24) is 15.3 Å². The summed E-state index contributed by atoms with van der Waals surface area (Å²) in [5, 5.41) is 10.2. The second-order valence-corrected chi connectivity index (χ2v) is 8.10. The van der Waals surface area contributed by atoms with Gasteiger partial charge in [-0.1, -0.05) is 32.9 Å². The van der Waals surface area contributed by atoms with Gasteiger partial charge in [0.2, 0.25) is 0 Å². The Morgan fingerprint density at radius 2 is 1.85 bits per heavy atom. The van der Waals surface area contributed by atoms with Gasteiger partial charge in [0.1, 0.15) is 24.5 Å². The summed E-state index contributed by atoms with van der Waals surface area (Å²) in [6, 6.07) is 13.3. The highest BCUT2D eigenvalue weighted by Crippen LogP contribution is 2.24. The minimum atomic E-state index is -0.230. The number of carbonyl (C=O) groups excluding carboxylic acids is 1. The van der Waals surface area contributed by atoms with Crippen molar-refractivity contribution in [2.45, 2.75) is 39.2 Å². The Bertz CT molecular complexity index is 1040. The molecule has 8 nitrogen and oxygen atoms in total. The molecule has 1 aromatic heterocycles. The van der Waals surface area contributed by atoms with Gasteiger partial charge in [-0.15, -0.1) is 0 Å². The van der Waals surface area contributed by atoms with Crippen LogP contribution < -0.4 is 20.7 Å². The first kappa shape index (κ1) is 24.3. The zero-order chi connectivity index (χ0) is 23.6.